The van der Waals surface area contributed by atoms with Gasteiger partial charge in [-0.25, -0.2) is 0 Å². The maximum Gasteiger partial charge on any atom is 0.152 e. The second kappa shape index (κ2) is 8.63. The number of fused-ring (bicyclic) bond motifs is 1. The first-order chi connectivity index (χ1) is 16.4. The van der Waals surface area contributed by atoms with Gasteiger partial charge in [0.1, 0.15) is 28.7 Å². The highest BCUT2D eigenvalue weighted by Gasteiger charge is 2.19. The van der Waals surface area contributed by atoms with Crippen molar-refractivity contribution in [2.75, 3.05) is 11.5 Å². The summed E-state index contributed by atoms with van der Waals surface area (Å²) in [4.78, 5) is 0. The molecule has 4 rings (SSSR count). The third kappa shape index (κ3) is 3.82. The van der Waals surface area contributed by atoms with Gasteiger partial charge in [0.2, 0.25) is 0 Å². The quantitative estimate of drug-likeness (QED) is 0.201. The van der Waals surface area contributed by atoms with Crippen molar-refractivity contribution in [3.05, 3.63) is 71.3 Å². The van der Waals surface area contributed by atoms with Gasteiger partial charge in [-0.2, -0.15) is 0 Å². The van der Waals surface area contributed by atoms with Crippen LogP contribution in [0.4, 0.5) is 11.4 Å². The average molecular weight is 446 g/mol. The number of phenolic OH excluding ortho intramolecular Hbond substituents is 2. The molecule has 0 aliphatic rings. The highest BCUT2D eigenvalue weighted by molar-refractivity contribution is 6.01. The van der Waals surface area contributed by atoms with Crippen LogP contribution >= 0.6 is 0 Å². The summed E-state index contributed by atoms with van der Waals surface area (Å²) in [7, 11) is 0. The van der Waals surface area contributed by atoms with Crippen LogP contribution in [0.3, 0.4) is 0 Å². The molecule has 0 radical (unpaired) electrons. The Morgan fingerprint density at radius 1 is 0.676 bits per heavy atom. The molecule has 0 amide bonds. The van der Waals surface area contributed by atoms with Gasteiger partial charge in [0.05, 0.1) is 22.5 Å². The zero-order chi connectivity index (χ0) is 24.4. The van der Waals surface area contributed by atoms with Crippen LogP contribution in [-0.4, -0.2) is 10.2 Å². The zero-order valence-corrected chi connectivity index (χ0v) is 17.8. The summed E-state index contributed by atoms with van der Waals surface area (Å²) in [6.45, 7) is 0. The average Bonchev–Trinajstić information content (AvgIpc) is 2.83. The largest absolute Gasteiger partial charge is 0.506 e. The first-order valence-corrected chi connectivity index (χ1v) is 9.92. The van der Waals surface area contributed by atoms with Crippen molar-refractivity contribution in [1.82, 2.24) is 0 Å². The van der Waals surface area contributed by atoms with Crippen LogP contribution in [0.25, 0.3) is 10.8 Å². The van der Waals surface area contributed by atoms with Gasteiger partial charge in [0.25, 0.3) is 0 Å². The lowest BCUT2D eigenvalue weighted by atomic mass is 9.95. The smallest absolute Gasteiger partial charge is 0.152 e. The Morgan fingerprint density at radius 3 is 1.79 bits per heavy atom. The maximum absolute atomic E-state index is 9.74. The van der Waals surface area contributed by atoms with Gasteiger partial charge in [-0.05, 0) is 42.5 Å². The van der Waals surface area contributed by atoms with Crippen molar-refractivity contribution in [2.45, 2.75) is 0 Å². The predicted octanol–water partition coefficient (Wildman–Crippen LogP) is 4.94. The van der Waals surface area contributed by atoms with Crippen LogP contribution < -0.4 is 20.9 Å². The van der Waals surface area contributed by atoms with Crippen molar-refractivity contribution < 1.29 is 19.7 Å². The number of hydrogen-bond donors (Lipinski definition) is 4. The predicted molar refractivity (Wildman–Crippen MR) is 133 cm³/mol. The van der Waals surface area contributed by atoms with Crippen LogP contribution in [0.15, 0.2) is 54.6 Å². The van der Waals surface area contributed by atoms with E-state index in [0.29, 0.717) is 44.7 Å². The van der Waals surface area contributed by atoms with E-state index < -0.39 is 0 Å². The lowest BCUT2D eigenvalue weighted by molar-refractivity contribution is 0.466. The van der Waals surface area contributed by atoms with E-state index in [9.17, 15) is 10.2 Å². The summed E-state index contributed by atoms with van der Waals surface area (Å²) in [5, 5.41) is 20.5. The van der Waals surface area contributed by atoms with Gasteiger partial charge in [-0.15, -0.1) is 19.3 Å². The fourth-order valence-electron chi connectivity index (χ4n) is 3.46. The van der Waals surface area contributed by atoms with E-state index in [2.05, 4.69) is 17.8 Å². The Bertz CT molecular complexity index is 1580. The van der Waals surface area contributed by atoms with Crippen molar-refractivity contribution in [1.29, 1.82) is 0 Å². The Morgan fingerprint density at radius 2 is 1.26 bits per heavy atom. The third-order valence-electron chi connectivity index (χ3n) is 5.12. The number of benzene rings is 4. The van der Waals surface area contributed by atoms with Gasteiger partial charge >= 0.3 is 0 Å². The molecule has 0 spiro atoms. The number of anilines is 2. The number of rotatable bonds is 4. The van der Waals surface area contributed by atoms with Gasteiger partial charge < -0.3 is 31.2 Å². The van der Waals surface area contributed by atoms with Gasteiger partial charge in [0.15, 0.2) is 5.75 Å². The molecule has 6 heteroatoms. The first kappa shape index (κ1) is 21.8. The van der Waals surface area contributed by atoms with Crippen molar-refractivity contribution in [2.24, 2.45) is 0 Å². The van der Waals surface area contributed by atoms with Gasteiger partial charge in [-0.1, -0.05) is 17.8 Å². The van der Waals surface area contributed by atoms with Crippen molar-refractivity contribution >= 4 is 22.1 Å². The molecule has 0 aliphatic heterocycles. The number of nitrogen functional groups attached to an aromatic ring is 2. The minimum atomic E-state index is -0.0785. The van der Waals surface area contributed by atoms with Crippen molar-refractivity contribution in [3.63, 3.8) is 0 Å². The molecular weight excluding hydrogens is 428 g/mol. The van der Waals surface area contributed by atoms with E-state index in [4.69, 9.17) is 40.2 Å². The lowest BCUT2D eigenvalue weighted by Crippen LogP contribution is -1.98. The Hall–Kier alpha value is -5.38. The number of aromatic hydroxyl groups is 2. The number of terminal acetylenes is 3. The molecule has 4 aromatic carbocycles. The fraction of sp³-hybridized carbons (Fsp3) is 0. The number of ether oxygens (including phenoxy) is 2. The summed E-state index contributed by atoms with van der Waals surface area (Å²) in [5.74, 6) is 9.04. The van der Waals surface area contributed by atoms with E-state index in [-0.39, 0.29) is 28.6 Å². The molecule has 0 aliphatic carbocycles. The molecule has 0 unspecified atom stereocenters. The van der Waals surface area contributed by atoms with E-state index in [0.717, 1.165) is 0 Å². The molecule has 164 valence electrons. The SMILES string of the molecule is C#Cc1cc(Oc2ccc(O)c(N)c2)c2ccc(C#C)c(Oc3ccc(O)c(N)c3)c2c1C#C. The molecule has 0 saturated heterocycles. The number of nitrogens with two attached hydrogens (primary N) is 2. The van der Waals surface area contributed by atoms with E-state index >= 15 is 0 Å². The number of phenols is 2. The highest BCUT2D eigenvalue weighted by atomic mass is 16.5. The molecule has 0 bridgehead atoms. The molecule has 6 nitrogen and oxygen atoms in total. The monoisotopic (exact) mass is 446 g/mol. The van der Waals surface area contributed by atoms with E-state index in [1.165, 1.54) is 24.3 Å². The second-order valence-corrected chi connectivity index (χ2v) is 7.24. The molecule has 0 fully saturated rings. The molecule has 0 heterocycles. The summed E-state index contributed by atoms with van der Waals surface area (Å²) < 4.78 is 12.2. The molecule has 0 atom stereocenters. The van der Waals surface area contributed by atoms with Crippen LogP contribution in [0.5, 0.6) is 34.5 Å². The summed E-state index contributed by atoms with van der Waals surface area (Å²) in [6.07, 6.45) is 17.3. The second-order valence-electron chi connectivity index (χ2n) is 7.24. The molecule has 6 N–H and O–H groups in total. The van der Waals surface area contributed by atoms with Crippen LogP contribution in [0, 0.1) is 37.0 Å². The van der Waals surface area contributed by atoms with E-state index in [1.54, 1.807) is 30.3 Å². The fourth-order valence-corrected chi connectivity index (χ4v) is 3.46. The maximum atomic E-state index is 9.74. The molecule has 34 heavy (non-hydrogen) atoms. The Balaban J connectivity index is 1.99. The summed E-state index contributed by atoms with van der Waals surface area (Å²) in [5.41, 5.74) is 13.1. The third-order valence-corrected chi connectivity index (χ3v) is 5.12. The lowest BCUT2D eigenvalue weighted by Gasteiger charge is -2.17. The topological polar surface area (TPSA) is 111 Å². The Kier molecular flexibility index (Phi) is 5.54. The van der Waals surface area contributed by atoms with Crippen LogP contribution in [0.1, 0.15) is 16.7 Å². The number of hydrogen-bond acceptors (Lipinski definition) is 6. The highest BCUT2D eigenvalue weighted by Crippen LogP contribution is 2.43. The standard InChI is InChI=1S/C28H18N2O4/c1-4-16-7-10-21-26(33-18-8-11-24(31)22(29)14-18)13-17(5-2)20(6-3)27(21)28(16)34-19-9-12-25(32)23(30)15-19/h1-3,7-15,31-32H,29-30H2. The first-order valence-electron chi connectivity index (χ1n) is 9.92. The molecule has 0 saturated carbocycles. The van der Waals surface area contributed by atoms with Crippen LogP contribution in [0.2, 0.25) is 0 Å². The van der Waals surface area contributed by atoms with Gasteiger partial charge in [0, 0.05) is 28.5 Å². The van der Waals surface area contributed by atoms with E-state index in [1.807, 2.05) is 0 Å². The van der Waals surface area contributed by atoms with Crippen molar-refractivity contribution in [3.8, 4) is 71.5 Å². The minimum Gasteiger partial charge on any atom is -0.506 e. The normalized spacial score (nSPS) is 10.1. The minimum absolute atomic E-state index is 0.0632. The summed E-state index contributed by atoms with van der Waals surface area (Å²) in [6, 6.07) is 14.0. The molecule has 4 aromatic rings. The van der Waals surface area contributed by atoms with Gasteiger partial charge in [-0.3, -0.25) is 0 Å². The zero-order valence-electron chi connectivity index (χ0n) is 17.8. The van der Waals surface area contributed by atoms with Crippen LogP contribution in [-0.2, 0) is 0 Å². The molecule has 0 aromatic heterocycles. The summed E-state index contributed by atoms with van der Waals surface area (Å²) >= 11 is 0. The molecular formula is C28H18N2O4. The Labute approximate surface area is 196 Å².